The van der Waals surface area contributed by atoms with Crippen molar-refractivity contribution in [2.75, 3.05) is 54.0 Å². The van der Waals surface area contributed by atoms with E-state index in [2.05, 4.69) is 86.7 Å². The molecule has 2 rings (SSSR count). The normalized spacial score (nSPS) is 23.7. The van der Waals surface area contributed by atoms with Gasteiger partial charge in [0, 0.05) is 45.5 Å². The molecule has 2 aliphatic heterocycles. The number of methoxy groups -OCH3 is 2. The second-order valence-corrected chi connectivity index (χ2v) is 24.8. The molecule has 0 aromatic carbocycles. The summed E-state index contributed by atoms with van der Waals surface area (Å²) in [5.74, 6) is 0.341. The molecular formula is C46H88O9Si. The number of allylic oxidation sites excluding steroid dienone is 3. The van der Waals surface area contributed by atoms with Gasteiger partial charge >= 0.3 is 0 Å². The first-order valence-electron chi connectivity index (χ1n) is 22.0. The van der Waals surface area contributed by atoms with Crippen LogP contribution in [-0.4, -0.2) is 97.4 Å². The van der Waals surface area contributed by atoms with Gasteiger partial charge in [-0.1, -0.05) is 86.5 Å². The van der Waals surface area contributed by atoms with Crippen LogP contribution in [-0.2, 0) is 37.6 Å². The molecule has 0 amide bonds. The summed E-state index contributed by atoms with van der Waals surface area (Å²) < 4.78 is 49.7. The number of rotatable bonds is 28. The Morgan fingerprint density at radius 3 is 2.18 bits per heavy atom. The molecule has 2 heterocycles. The molecule has 0 aliphatic carbocycles. The third-order valence-corrected chi connectivity index (χ3v) is 16.7. The zero-order chi connectivity index (χ0) is 42.0. The number of hydrogen-bond acceptors (Lipinski definition) is 9. The quantitative estimate of drug-likeness (QED) is 0.0359. The molecule has 2 fully saturated rings. The van der Waals surface area contributed by atoms with Gasteiger partial charge in [-0.15, -0.1) is 0 Å². The lowest BCUT2D eigenvalue weighted by molar-refractivity contribution is -0.305. The third kappa shape index (κ3) is 19.2. The van der Waals surface area contributed by atoms with Gasteiger partial charge in [-0.05, 0) is 100 Å². The van der Waals surface area contributed by atoms with Crippen molar-refractivity contribution in [3.05, 3.63) is 23.8 Å². The maximum Gasteiger partial charge on any atom is 0.192 e. The number of aliphatic hydroxyl groups excluding tert-OH is 1. The Balaban J connectivity index is 2.00. The van der Waals surface area contributed by atoms with Gasteiger partial charge in [-0.25, -0.2) is 0 Å². The van der Waals surface area contributed by atoms with E-state index in [1.54, 1.807) is 14.2 Å². The molecule has 0 aromatic rings. The average Bonchev–Trinajstić information content (AvgIpc) is 3.42. The average molecular weight is 813 g/mol. The fraction of sp³-hybridized carbons (Fsp3) is 0.913. The largest absolute Gasteiger partial charge is 0.414 e. The van der Waals surface area contributed by atoms with Crippen molar-refractivity contribution in [2.24, 2.45) is 23.2 Å². The van der Waals surface area contributed by atoms with E-state index < -0.39 is 19.9 Å². The first kappa shape index (κ1) is 51.5. The summed E-state index contributed by atoms with van der Waals surface area (Å²) in [5.41, 5.74) is 1.29. The highest BCUT2D eigenvalue weighted by molar-refractivity contribution is 6.74. The van der Waals surface area contributed by atoms with Crippen molar-refractivity contribution < 1.29 is 42.7 Å². The maximum absolute atomic E-state index is 9.44. The molecule has 0 spiro atoms. The van der Waals surface area contributed by atoms with Crippen molar-refractivity contribution in [3.63, 3.8) is 0 Å². The van der Waals surface area contributed by atoms with E-state index in [0.717, 1.165) is 71.0 Å². The van der Waals surface area contributed by atoms with E-state index in [1.165, 1.54) is 18.4 Å². The molecule has 2 aliphatic rings. The minimum absolute atomic E-state index is 0.0495. The van der Waals surface area contributed by atoms with Gasteiger partial charge < -0.3 is 42.7 Å². The second-order valence-electron chi connectivity index (χ2n) is 20.0. The first-order chi connectivity index (χ1) is 26.2. The summed E-state index contributed by atoms with van der Waals surface area (Å²) in [6.07, 6.45) is 18.5. The molecule has 1 N–H and O–H groups in total. The fourth-order valence-electron chi connectivity index (χ4n) is 7.53. The monoisotopic (exact) mass is 813 g/mol. The molecule has 0 saturated carbocycles. The van der Waals surface area contributed by atoms with Crippen LogP contribution in [0.25, 0.3) is 0 Å². The third-order valence-electron chi connectivity index (χ3n) is 12.2. The lowest BCUT2D eigenvalue weighted by Crippen LogP contribution is -2.47. The topological polar surface area (TPSA) is 94.1 Å². The summed E-state index contributed by atoms with van der Waals surface area (Å²) in [4.78, 5) is 0. The van der Waals surface area contributed by atoms with Crippen molar-refractivity contribution in [3.8, 4) is 0 Å². The van der Waals surface area contributed by atoms with Crippen LogP contribution in [0.5, 0.6) is 0 Å². The Hall–Kier alpha value is -0.663. The Kier molecular flexibility index (Phi) is 22.6. The zero-order valence-electron chi connectivity index (χ0n) is 38.6. The SMILES string of the molecule is CC[C@@H](/C=C/C=C(/CC[C@H]1OC(C)(C)O[C@H]1C[C@@H](CO[Si](C)(C)C(C)(C)C)OCOC)COC)CCCC1(CCCC[C@@H](C)C[C@H](C)CO)OCC(C)(C)CO1. The molecule has 6 atom stereocenters. The summed E-state index contributed by atoms with van der Waals surface area (Å²) in [6, 6.07) is 0. The van der Waals surface area contributed by atoms with Crippen LogP contribution in [0.15, 0.2) is 23.8 Å². The van der Waals surface area contributed by atoms with E-state index in [9.17, 15) is 5.11 Å². The summed E-state index contributed by atoms with van der Waals surface area (Å²) in [6.45, 7) is 29.5. The predicted octanol–water partition coefficient (Wildman–Crippen LogP) is 11.0. The van der Waals surface area contributed by atoms with E-state index >= 15 is 0 Å². The molecule has 0 radical (unpaired) electrons. The number of hydrogen-bond donors (Lipinski definition) is 1. The van der Waals surface area contributed by atoms with Gasteiger partial charge in [0.25, 0.3) is 0 Å². The van der Waals surface area contributed by atoms with E-state index in [-0.39, 0.29) is 42.2 Å². The summed E-state index contributed by atoms with van der Waals surface area (Å²) in [7, 11) is 1.47. The van der Waals surface area contributed by atoms with Gasteiger partial charge in [0.1, 0.15) is 6.79 Å². The Labute approximate surface area is 345 Å². The number of unbranched alkanes of at least 4 members (excludes halogenated alkanes) is 1. The highest BCUT2D eigenvalue weighted by atomic mass is 28.4. The molecule has 0 unspecified atom stereocenters. The zero-order valence-corrected chi connectivity index (χ0v) is 39.6. The minimum Gasteiger partial charge on any atom is -0.414 e. The Morgan fingerprint density at radius 2 is 1.57 bits per heavy atom. The van der Waals surface area contributed by atoms with Crippen LogP contribution in [0.4, 0.5) is 0 Å². The van der Waals surface area contributed by atoms with Crippen LogP contribution in [0.2, 0.25) is 18.1 Å². The van der Waals surface area contributed by atoms with Crippen LogP contribution >= 0.6 is 0 Å². The molecule has 2 saturated heterocycles. The van der Waals surface area contributed by atoms with Gasteiger partial charge in [0.15, 0.2) is 19.9 Å². The highest BCUT2D eigenvalue weighted by Gasteiger charge is 2.43. The number of aliphatic hydroxyl groups is 1. The molecule has 0 aromatic heterocycles. The summed E-state index contributed by atoms with van der Waals surface area (Å²) in [5, 5.41) is 9.56. The van der Waals surface area contributed by atoms with Gasteiger partial charge in [0.2, 0.25) is 0 Å². The molecule has 10 heteroatoms. The minimum atomic E-state index is -1.95. The van der Waals surface area contributed by atoms with Gasteiger partial charge in [-0.3, -0.25) is 0 Å². The number of ether oxygens (including phenoxy) is 7. The van der Waals surface area contributed by atoms with E-state index in [4.69, 9.17) is 37.6 Å². The van der Waals surface area contributed by atoms with Crippen LogP contribution in [0, 0.1) is 23.2 Å². The standard InChI is InChI=1S/C46H88O9Si/c1-15-38(23-19-27-46(51-33-44(7,8)34-52-46)26-17-16-20-36(2)28-37(3)30-47)21-18-22-39(31-48-11)24-25-41-42(55-45(9,10)54-41)29-40(50-35-49-12)32-53-56(13,14)43(4,5)6/h18,21-22,36-38,40-42,47H,15-17,19-20,23-35H2,1-14H3/b21-18+,39-22-/t36-,37+,38+,40+,41-,42+/m1/s1. The van der Waals surface area contributed by atoms with Gasteiger partial charge in [0.05, 0.1) is 44.7 Å². The van der Waals surface area contributed by atoms with Crippen LogP contribution in [0.1, 0.15) is 146 Å². The molecule has 330 valence electrons. The summed E-state index contributed by atoms with van der Waals surface area (Å²) >= 11 is 0. The molecule has 9 nitrogen and oxygen atoms in total. The van der Waals surface area contributed by atoms with Crippen molar-refractivity contribution in [2.45, 2.75) is 194 Å². The highest BCUT2D eigenvalue weighted by Crippen LogP contribution is 2.39. The predicted molar refractivity (Wildman–Crippen MR) is 231 cm³/mol. The Morgan fingerprint density at radius 1 is 0.911 bits per heavy atom. The molecule has 56 heavy (non-hydrogen) atoms. The van der Waals surface area contributed by atoms with E-state index in [1.807, 2.05) is 13.8 Å². The smallest absolute Gasteiger partial charge is 0.192 e. The molecule has 0 bridgehead atoms. The lowest BCUT2D eigenvalue weighted by Gasteiger charge is -2.44. The maximum atomic E-state index is 9.44. The van der Waals surface area contributed by atoms with Crippen LogP contribution < -0.4 is 0 Å². The Bertz CT molecular complexity index is 1120. The molecular weight excluding hydrogens is 725 g/mol. The fourth-order valence-corrected chi connectivity index (χ4v) is 8.57. The first-order valence-corrected chi connectivity index (χ1v) is 24.9. The van der Waals surface area contributed by atoms with Crippen LogP contribution in [0.3, 0.4) is 0 Å². The second kappa shape index (κ2) is 24.6. The van der Waals surface area contributed by atoms with Crippen molar-refractivity contribution in [1.29, 1.82) is 0 Å². The van der Waals surface area contributed by atoms with Crippen molar-refractivity contribution in [1.82, 2.24) is 0 Å². The lowest BCUT2D eigenvalue weighted by atomic mass is 9.89. The van der Waals surface area contributed by atoms with E-state index in [0.29, 0.717) is 37.4 Å². The van der Waals surface area contributed by atoms with Gasteiger partial charge in [-0.2, -0.15) is 0 Å². The van der Waals surface area contributed by atoms with Crippen molar-refractivity contribution >= 4 is 8.32 Å².